The smallest absolute Gasteiger partial charge is 0.383 e. The molecular formula is C18H17F3N4. The Kier molecular flexibility index (Phi) is 4.65. The van der Waals surface area contributed by atoms with Crippen LogP contribution in [0.1, 0.15) is 5.56 Å². The molecule has 0 bridgehead atoms. The predicted molar refractivity (Wildman–Crippen MR) is 94.6 cm³/mol. The fraction of sp³-hybridized carbons (Fsp3) is 0.167. The van der Waals surface area contributed by atoms with Gasteiger partial charge in [0.25, 0.3) is 0 Å². The summed E-state index contributed by atoms with van der Waals surface area (Å²) in [6.07, 6.45) is -3.72. The molecule has 3 rings (SSSR count). The maximum absolute atomic E-state index is 12.7. The lowest BCUT2D eigenvalue weighted by Crippen LogP contribution is -2.16. The average Bonchev–Trinajstić information content (AvgIpc) is 2.59. The van der Waals surface area contributed by atoms with E-state index < -0.39 is 11.7 Å². The molecule has 2 aromatic carbocycles. The Morgan fingerprint density at radius 1 is 0.920 bits per heavy atom. The van der Waals surface area contributed by atoms with Crippen LogP contribution in [0.3, 0.4) is 0 Å². The van der Waals surface area contributed by atoms with Crippen LogP contribution in [0.4, 0.5) is 30.4 Å². The van der Waals surface area contributed by atoms with E-state index in [1.807, 2.05) is 42.5 Å². The summed E-state index contributed by atoms with van der Waals surface area (Å²) in [7, 11) is 0. The largest absolute Gasteiger partial charge is 0.417 e. The Morgan fingerprint density at radius 2 is 1.60 bits per heavy atom. The van der Waals surface area contributed by atoms with E-state index in [9.17, 15) is 13.2 Å². The monoisotopic (exact) mass is 346 g/mol. The van der Waals surface area contributed by atoms with Crippen molar-refractivity contribution in [2.45, 2.75) is 6.18 Å². The van der Waals surface area contributed by atoms with Crippen molar-refractivity contribution in [3.05, 3.63) is 60.3 Å². The number of hydrogen-bond acceptors (Lipinski definition) is 4. The molecule has 0 radical (unpaired) electrons. The second-order valence-corrected chi connectivity index (χ2v) is 5.53. The third-order valence-electron chi connectivity index (χ3n) is 3.79. The highest BCUT2D eigenvalue weighted by Gasteiger charge is 2.31. The molecule has 130 valence electrons. The normalized spacial score (nSPS) is 11.5. The number of aromatic nitrogens is 1. The van der Waals surface area contributed by atoms with Crippen LogP contribution in [-0.4, -0.2) is 18.1 Å². The Morgan fingerprint density at radius 3 is 2.36 bits per heavy atom. The minimum atomic E-state index is -4.45. The standard InChI is InChI=1S/C18H17F3N4/c19-18(20,21)13-10-16(17(22)25-11-13)24-9-8-23-15-7-3-5-12-4-1-2-6-14(12)15/h1-7,10-11,23-24H,8-9H2,(H2,22,25). The predicted octanol–water partition coefficient (Wildman–Crippen LogP) is 4.36. The lowest BCUT2D eigenvalue weighted by atomic mass is 10.1. The molecular weight excluding hydrogens is 329 g/mol. The van der Waals surface area contributed by atoms with Gasteiger partial charge in [0.2, 0.25) is 0 Å². The lowest BCUT2D eigenvalue weighted by molar-refractivity contribution is -0.137. The first-order valence-corrected chi connectivity index (χ1v) is 7.73. The molecule has 0 saturated heterocycles. The molecule has 7 heteroatoms. The SMILES string of the molecule is Nc1ncc(C(F)(F)F)cc1NCCNc1cccc2ccccc12. The van der Waals surface area contributed by atoms with E-state index in [-0.39, 0.29) is 11.5 Å². The minimum Gasteiger partial charge on any atom is -0.383 e. The highest BCUT2D eigenvalue weighted by Crippen LogP contribution is 2.31. The van der Waals surface area contributed by atoms with Crippen LogP contribution in [0.15, 0.2) is 54.7 Å². The molecule has 25 heavy (non-hydrogen) atoms. The Hall–Kier alpha value is -2.96. The first kappa shape index (κ1) is 16.9. The van der Waals surface area contributed by atoms with Crippen molar-refractivity contribution in [2.75, 3.05) is 29.5 Å². The van der Waals surface area contributed by atoms with Crippen LogP contribution < -0.4 is 16.4 Å². The van der Waals surface area contributed by atoms with Crippen LogP contribution in [0.25, 0.3) is 10.8 Å². The van der Waals surface area contributed by atoms with E-state index in [1.54, 1.807) is 0 Å². The van der Waals surface area contributed by atoms with Gasteiger partial charge < -0.3 is 16.4 Å². The summed E-state index contributed by atoms with van der Waals surface area (Å²) >= 11 is 0. The number of anilines is 3. The number of nitrogen functional groups attached to an aromatic ring is 1. The number of nitrogens with two attached hydrogens (primary N) is 1. The summed E-state index contributed by atoms with van der Waals surface area (Å²) < 4.78 is 38.2. The molecule has 0 aliphatic carbocycles. The molecule has 0 unspecified atom stereocenters. The van der Waals surface area contributed by atoms with Gasteiger partial charge in [-0.1, -0.05) is 36.4 Å². The lowest BCUT2D eigenvalue weighted by Gasteiger charge is -2.13. The zero-order valence-corrected chi connectivity index (χ0v) is 13.3. The number of rotatable bonds is 5. The number of alkyl halides is 3. The Balaban J connectivity index is 1.64. The number of pyridine rings is 1. The van der Waals surface area contributed by atoms with Crippen LogP contribution in [0.2, 0.25) is 0 Å². The zero-order chi connectivity index (χ0) is 17.9. The van der Waals surface area contributed by atoms with Crippen LogP contribution >= 0.6 is 0 Å². The van der Waals surface area contributed by atoms with Crippen molar-refractivity contribution in [3.63, 3.8) is 0 Å². The molecule has 4 nitrogen and oxygen atoms in total. The van der Waals surface area contributed by atoms with Gasteiger partial charge in [-0.25, -0.2) is 4.98 Å². The molecule has 0 fully saturated rings. The topological polar surface area (TPSA) is 63.0 Å². The van der Waals surface area contributed by atoms with Gasteiger partial charge in [0.15, 0.2) is 0 Å². The van der Waals surface area contributed by atoms with Gasteiger partial charge in [0.05, 0.1) is 11.3 Å². The molecule has 0 aliphatic rings. The van der Waals surface area contributed by atoms with Crippen LogP contribution in [0.5, 0.6) is 0 Å². The Bertz CT molecular complexity index is 872. The fourth-order valence-electron chi connectivity index (χ4n) is 2.55. The van der Waals surface area contributed by atoms with E-state index >= 15 is 0 Å². The number of nitrogens with one attached hydrogen (secondary N) is 2. The van der Waals surface area contributed by atoms with Crippen LogP contribution in [0, 0.1) is 0 Å². The quantitative estimate of drug-likeness (QED) is 0.601. The maximum Gasteiger partial charge on any atom is 0.417 e. The minimum absolute atomic E-state index is 0.0400. The molecule has 0 aliphatic heterocycles. The molecule has 0 saturated carbocycles. The number of fused-ring (bicyclic) bond motifs is 1. The first-order chi connectivity index (χ1) is 11.9. The summed E-state index contributed by atoms with van der Waals surface area (Å²) in [5.41, 5.74) is 5.95. The van der Waals surface area contributed by atoms with Gasteiger partial charge in [0, 0.05) is 30.4 Å². The van der Waals surface area contributed by atoms with Gasteiger partial charge in [-0.3, -0.25) is 0 Å². The van der Waals surface area contributed by atoms with E-state index in [2.05, 4.69) is 15.6 Å². The first-order valence-electron chi connectivity index (χ1n) is 7.73. The van der Waals surface area contributed by atoms with E-state index in [1.165, 1.54) is 0 Å². The average molecular weight is 346 g/mol. The summed E-state index contributed by atoms with van der Waals surface area (Å²) in [4.78, 5) is 3.60. The van der Waals surface area contributed by atoms with Gasteiger partial charge >= 0.3 is 6.18 Å². The highest BCUT2D eigenvalue weighted by molar-refractivity contribution is 5.93. The van der Waals surface area contributed by atoms with Crippen molar-refractivity contribution in [1.29, 1.82) is 0 Å². The van der Waals surface area contributed by atoms with E-state index in [0.717, 1.165) is 28.7 Å². The molecule has 0 spiro atoms. The number of benzene rings is 2. The van der Waals surface area contributed by atoms with Gasteiger partial charge in [0.1, 0.15) is 5.82 Å². The summed E-state index contributed by atoms with van der Waals surface area (Å²) in [5.74, 6) is 0.0400. The van der Waals surface area contributed by atoms with Crippen molar-refractivity contribution in [3.8, 4) is 0 Å². The number of halogens is 3. The van der Waals surface area contributed by atoms with E-state index in [0.29, 0.717) is 13.1 Å². The molecule has 3 aromatic rings. The van der Waals surface area contributed by atoms with Crippen molar-refractivity contribution < 1.29 is 13.2 Å². The van der Waals surface area contributed by atoms with Crippen molar-refractivity contribution >= 4 is 28.0 Å². The number of hydrogen-bond donors (Lipinski definition) is 3. The second-order valence-electron chi connectivity index (χ2n) is 5.53. The number of nitrogens with zero attached hydrogens (tertiary/aromatic N) is 1. The molecule has 0 amide bonds. The fourth-order valence-corrected chi connectivity index (χ4v) is 2.55. The third kappa shape index (κ3) is 3.93. The van der Waals surface area contributed by atoms with Gasteiger partial charge in [-0.2, -0.15) is 13.2 Å². The molecule has 1 aromatic heterocycles. The van der Waals surface area contributed by atoms with Crippen LogP contribution in [-0.2, 0) is 6.18 Å². The Labute approximate surface area is 142 Å². The summed E-state index contributed by atoms with van der Waals surface area (Å²) in [6, 6.07) is 14.9. The van der Waals surface area contributed by atoms with E-state index in [4.69, 9.17) is 5.73 Å². The maximum atomic E-state index is 12.7. The van der Waals surface area contributed by atoms with Crippen molar-refractivity contribution in [1.82, 2.24) is 4.98 Å². The summed E-state index contributed by atoms with van der Waals surface area (Å²) in [5, 5.41) is 8.38. The molecule has 4 N–H and O–H groups in total. The van der Waals surface area contributed by atoms with Gasteiger partial charge in [-0.05, 0) is 17.5 Å². The molecule has 0 atom stereocenters. The van der Waals surface area contributed by atoms with Crippen molar-refractivity contribution in [2.24, 2.45) is 0 Å². The highest BCUT2D eigenvalue weighted by atomic mass is 19.4. The second kappa shape index (κ2) is 6.88. The van der Waals surface area contributed by atoms with Gasteiger partial charge in [-0.15, -0.1) is 0 Å². The summed E-state index contributed by atoms with van der Waals surface area (Å²) in [6.45, 7) is 0.917. The molecule has 1 heterocycles. The zero-order valence-electron chi connectivity index (χ0n) is 13.3. The third-order valence-corrected chi connectivity index (χ3v) is 3.79.